The zero-order chi connectivity index (χ0) is 14.7. The van der Waals surface area contributed by atoms with Crippen molar-refractivity contribution in [2.24, 2.45) is 0 Å². The summed E-state index contributed by atoms with van der Waals surface area (Å²) in [5.41, 5.74) is 2.41. The molecule has 0 radical (unpaired) electrons. The summed E-state index contributed by atoms with van der Waals surface area (Å²) in [5.74, 6) is 0. The highest BCUT2D eigenvalue weighted by Gasteiger charge is 2.14. The van der Waals surface area contributed by atoms with Gasteiger partial charge in [0.2, 0.25) is 0 Å². The molecule has 0 spiro atoms. The molecule has 4 heteroatoms. The highest BCUT2D eigenvalue weighted by molar-refractivity contribution is 9.10. The summed E-state index contributed by atoms with van der Waals surface area (Å²) in [7, 11) is 0. The molecular weight excluding hydrogens is 344 g/mol. The Morgan fingerprint density at radius 3 is 2.62 bits per heavy atom. The first kappa shape index (κ1) is 14.7. The quantitative estimate of drug-likeness (QED) is 0.695. The molecule has 1 N–H and O–H groups in total. The van der Waals surface area contributed by atoms with Gasteiger partial charge in [0, 0.05) is 16.9 Å². The van der Waals surface area contributed by atoms with Crippen LogP contribution in [0, 0.1) is 0 Å². The van der Waals surface area contributed by atoms with Crippen molar-refractivity contribution in [1.29, 1.82) is 0 Å². The minimum absolute atomic E-state index is 0.309. The highest BCUT2D eigenvalue weighted by atomic mass is 79.9. The second kappa shape index (κ2) is 6.69. The molecule has 21 heavy (non-hydrogen) atoms. The van der Waals surface area contributed by atoms with E-state index >= 15 is 0 Å². The SMILES string of the molecule is CCNC(Cc1nc2ccccc2s1)c1ccc(Br)cc1. The number of fused-ring (bicyclic) bond motifs is 1. The summed E-state index contributed by atoms with van der Waals surface area (Å²) in [6, 6.07) is 17.2. The van der Waals surface area contributed by atoms with E-state index in [0.29, 0.717) is 6.04 Å². The number of hydrogen-bond donors (Lipinski definition) is 1. The van der Waals surface area contributed by atoms with E-state index in [1.54, 1.807) is 11.3 Å². The summed E-state index contributed by atoms with van der Waals surface area (Å²) in [4.78, 5) is 4.75. The number of para-hydroxylation sites is 1. The number of likely N-dealkylation sites (N-methyl/N-ethyl adjacent to an activating group) is 1. The van der Waals surface area contributed by atoms with Crippen LogP contribution in [0.3, 0.4) is 0 Å². The van der Waals surface area contributed by atoms with E-state index in [2.05, 4.69) is 70.6 Å². The number of nitrogens with one attached hydrogen (secondary N) is 1. The zero-order valence-electron chi connectivity index (χ0n) is 11.8. The van der Waals surface area contributed by atoms with Gasteiger partial charge in [-0.05, 0) is 36.4 Å². The van der Waals surface area contributed by atoms with Crippen molar-refractivity contribution in [3.05, 3.63) is 63.6 Å². The largest absolute Gasteiger partial charge is 0.310 e. The van der Waals surface area contributed by atoms with Gasteiger partial charge in [-0.1, -0.05) is 47.1 Å². The molecule has 1 unspecified atom stereocenters. The van der Waals surface area contributed by atoms with E-state index in [0.717, 1.165) is 23.0 Å². The van der Waals surface area contributed by atoms with Gasteiger partial charge in [-0.15, -0.1) is 11.3 Å². The fourth-order valence-corrected chi connectivity index (χ4v) is 3.71. The van der Waals surface area contributed by atoms with Crippen molar-refractivity contribution >= 4 is 37.5 Å². The maximum Gasteiger partial charge on any atom is 0.0957 e. The maximum atomic E-state index is 4.75. The minimum atomic E-state index is 0.309. The zero-order valence-corrected chi connectivity index (χ0v) is 14.2. The summed E-state index contributed by atoms with van der Waals surface area (Å²) in [5, 5.41) is 4.75. The van der Waals surface area contributed by atoms with Gasteiger partial charge in [0.05, 0.1) is 15.2 Å². The van der Waals surface area contributed by atoms with Crippen LogP contribution < -0.4 is 5.32 Å². The third-order valence-corrected chi connectivity index (χ3v) is 5.03. The molecule has 0 fully saturated rings. The van der Waals surface area contributed by atoms with Crippen molar-refractivity contribution < 1.29 is 0 Å². The number of halogens is 1. The number of rotatable bonds is 5. The maximum absolute atomic E-state index is 4.75. The van der Waals surface area contributed by atoms with Gasteiger partial charge >= 0.3 is 0 Å². The molecule has 3 rings (SSSR count). The monoisotopic (exact) mass is 360 g/mol. The fraction of sp³-hybridized carbons (Fsp3) is 0.235. The Kier molecular flexibility index (Phi) is 4.68. The summed E-state index contributed by atoms with van der Waals surface area (Å²) in [6.45, 7) is 3.09. The van der Waals surface area contributed by atoms with Crippen LogP contribution in [0.1, 0.15) is 23.5 Å². The van der Waals surface area contributed by atoms with Gasteiger partial charge in [0.25, 0.3) is 0 Å². The first-order chi connectivity index (χ1) is 10.3. The normalized spacial score (nSPS) is 12.7. The van der Waals surface area contributed by atoms with E-state index in [9.17, 15) is 0 Å². The standard InChI is InChI=1S/C17H17BrN2S/c1-2-19-15(12-7-9-13(18)10-8-12)11-17-20-14-5-3-4-6-16(14)21-17/h3-10,15,19H,2,11H2,1H3. The Bertz CT molecular complexity index is 688. The van der Waals surface area contributed by atoms with Crippen LogP contribution in [0.2, 0.25) is 0 Å². The van der Waals surface area contributed by atoms with Crippen molar-refractivity contribution in [3.63, 3.8) is 0 Å². The van der Waals surface area contributed by atoms with E-state index in [1.165, 1.54) is 15.3 Å². The van der Waals surface area contributed by atoms with Gasteiger partial charge in [-0.3, -0.25) is 0 Å². The molecule has 1 heterocycles. The van der Waals surface area contributed by atoms with Crippen molar-refractivity contribution in [3.8, 4) is 0 Å². The second-order valence-electron chi connectivity index (χ2n) is 4.94. The molecule has 0 aliphatic heterocycles. The molecule has 0 aliphatic carbocycles. The number of thiazole rings is 1. The molecule has 1 atom stereocenters. The molecule has 3 aromatic rings. The number of hydrogen-bond acceptors (Lipinski definition) is 3. The Morgan fingerprint density at radius 1 is 1.14 bits per heavy atom. The molecule has 0 amide bonds. The Balaban J connectivity index is 1.85. The highest BCUT2D eigenvalue weighted by Crippen LogP contribution is 2.26. The van der Waals surface area contributed by atoms with Gasteiger partial charge in [0.1, 0.15) is 0 Å². The topological polar surface area (TPSA) is 24.9 Å². The summed E-state index contributed by atoms with van der Waals surface area (Å²) < 4.78 is 2.38. The van der Waals surface area contributed by atoms with E-state index in [-0.39, 0.29) is 0 Å². The number of aromatic nitrogens is 1. The number of benzene rings is 2. The lowest BCUT2D eigenvalue weighted by atomic mass is 10.0. The fourth-order valence-electron chi connectivity index (χ4n) is 2.43. The van der Waals surface area contributed by atoms with Gasteiger partial charge < -0.3 is 5.32 Å². The first-order valence-electron chi connectivity index (χ1n) is 7.09. The van der Waals surface area contributed by atoms with Crippen molar-refractivity contribution in [2.75, 3.05) is 6.54 Å². The van der Waals surface area contributed by atoms with Crippen molar-refractivity contribution in [1.82, 2.24) is 10.3 Å². The molecule has 1 aromatic heterocycles. The lowest BCUT2D eigenvalue weighted by Crippen LogP contribution is -2.22. The predicted octanol–water partition coefficient (Wildman–Crippen LogP) is 4.95. The average molecular weight is 361 g/mol. The summed E-state index contributed by atoms with van der Waals surface area (Å²) in [6.07, 6.45) is 0.925. The molecule has 2 aromatic carbocycles. The van der Waals surface area contributed by atoms with Crippen LogP contribution in [0.15, 0.2) is 53.0 Å². The third kappa shape index (κ3) is 3.51. The van der Waals surface area contributed by atoms with Crippen LogP contribution in [0.4, 0.5) is 0 Å². The molecule has 108 valence electrons. The molecule has 0 saturated carbocycles. The van der Waals surface area contributed by atoms with E-state index in [1.807, 2.05) is 6.07 Å². The predicted molar refractivity (Wildman–Crippen MR) is 93.9 cm³/mol. The van der Waals surface area contributed by atoms with Crippen LogP contribution in [-0.4, -0.2) is 11.5 Å². The average Bonchev–Trinajstić information content (AvgIpc) is 2.90. The van der Waals surface area contributed by atoms with Crippen LogP contribution >= 0.6 is 27.3 Å². The van der Waals surface area contributed by atoms with E-state index < -0.39 is 0 Å². The van der Waals surface area contributed by atoms with Crippen molar-refractivity contribution in [2.45, 2.75) is 19.4 Å². The molecule has 0 bridgehead atoms. The van der Waals surface area contributed by atoms with Gasteiger partial charge in [-0.2, -0.15) is 0 Å². The number of nitrogens with zero attached hydrogens (tertiary/aromatic N) is 1. The molecule has 0 aliphatic rings. The Labute approximate surface area is 137 Å². The van der Waals surface area contributed by atoms with E-state index in [4.69, 9.17) is 4.98 Å². The smallest absolute Gasteiger partial charge is 0.0957 e. The van der Waals surface area contributed by atoms with Gasteiger partial charge in [-0.25, -0.2) is 4.98 Å². The second-order valence-corrected chi connectivity index (χ2v) is 6.97. The summed E-state index contributed by atoms with van der Waals surface area (Å²) >= 11 is 5.28. The van der Waals surface area contributed by atoms with Crippen LogP contribution in [-0.2, 0) is 6.42 Å². The van der Waals surface area contributed by atoms with Crippen LogP contribution in [0.5, 0.6) is 0 Å². The third-order valence-electron chi connectivity index (χ3n) is 3.44. The molecule has 0 saturated heterocycles. The van der Waals surface area contributed by atoms with Gasteiger partial charge in [0.15, 0.2) is 0 Å². The lowest BCUT2D eigenvalue weighted by molar-refractivity contribution is 0.549. The minimum Gasteiger partial charge on any atom is -0.310 e. The Hall–Kier alpha value is -1.23. The van der Waals surface area contributed by atoms with Crippen LogP contribution in [0.25, 0.3) is 10.2 Å². The molecule has 2 nitrogen and oxygen atoms in total. The first-order valence-corrected chi connectivity index (χ1v) is 8.70. The lowest BCUT2D eigenvalue weighted by Gasteiger charge is -2.17. The Morgan fingerprint density at radius 2 is 1.90 bits per heavy atom. The molecular formula is C17H17BrN2S.